The van der Waals surface area contributed by atoms with Crippen molar-refractivity contribution in [1.29, 1.82) is 0 Å². The summed E-state index contributed by atoms with van der Waals surface area (Å²) in [5.41, 5.74) is 2.97. The minimum Gasteiger partial charge on any atom is -0.465 e. The molecule has 1 atom stereocenters. The van der Waals surface area contributed by atoms with Gasteiger partial charge in [0, 0.05) is 5.41 Å². The van der Waals surface area contributed by atoms with Gasteiger partial charge < -0.3 is 4.74 Å². The van der Waals surface area contributed by atoms with Gasteiger partial charge in [-0.15, -0.1) is 0 Å². The van der Waals surface area contributed by atoms with E-state index in [-0.39, 0.29) is 11.4 Å². The number of benzene rings is 3. The van der Waals surface area contributed by atoms with Crippen molar-refractivity contribution in [2.45, 2.75) is 25.7 Å². The topological polar surface area (TPSA) is 26.3 Å². The number of carbonyl (C=O) groups is 1. The van der Waals surface area contributed by atoms with Gasteiger partial charge in [-0.2, -0.15) is 0 Å². The van der Waals surface area contributed by atoms with Gasteiger partial charge in [0.2, 0.25) is 0 Å². The van der Waals surface area contributed by atoms with Gasteiger partial charge >= 0.3 is 5.97 Å². The van der Waals surface area contributed by atoms with E-state index in [0.29, 0.717) is 5.56 Å². The largest absolute Gasteiger partial charge is 0.465 e. The van der Waals surface area contributed by atoms with Crippen LogP contribution in [0.4, 0.5) is 0 Å². The molecule has 0 N–H and O–H groups in total. The molecule has 0 aliphatic rings. The minimum absolute atomic E-state index is 0.0985. The monoisotopic (exact) mass is 318 g/mol. The molecule has 122 valence electrons. The first kappa shape index (κ1) is 16.3. The molecule has 0 aliphatic heterocycles. The number of rotatable bonds is 4. The van der Waals surface area contributed by atoms with Gasteiger partial charge in [0.1, 0.15) is 0 Å². The van der Waals surface area contributed by atoms with E-state index in [2.05, 4.69) is 56.3 Å². The number of carbonyl (C=O) groups excluding carboxylic acids is 1. The van der Waals surface area contributed by atoms with Crippen molar-refractivity contribution in [2.24, 2.45) is 0 Å². The molecule has 24 heavy (non-hydrogen) atoms. The van der Waals surface area contributed by atoms with Gasteiger partial charge in [0.25, 0.3) is 0 Å². The summed E-state index contributed by atoms with van der Waals surface area (Å²) in [6, 6.07) is 22.8. The zero-order chi connectivity index (χ0) is 17.2. The summed E-state index contributed by atoms with van der Waals surface area (Å²) in [6.45, 7) is 4.45. The molecule has 0 amide bonds. The molecule has 0 aliphatic carbocycles. The number of hydrogen-bond donors (Lipinski definition) is 0. The van der Waals surface area contributed by atoms with Gasteiger partial charge in [0.05, 0.1) is 12.7 Å². The molecule has 0 saturated heterocycles. The number of fused-ring (bicyclic) bond motifs is 1. The van der Waals surface area contributed by atoms with Crippen LogP contribution in [-0.4, -0.2) is 13.1 Å². The van der Waals surface area contributed by atoms with Crippen LogP contribution >= 0.6 is 0 Å². The fourth-order valence-electron chi connectivity index (χ4n) is 3.20. The first-order valence-corrected chi connectivity index (χ1v) is 8.26. The molecule has 3 rings (SSSR count). The van der Waals surface area contributed by atoms with Gasteiger partial charge in [-0.3, -0.25) is 0 Å². The Kier molecular flexibility index (Phi) is 4.39. The lowest BCUT2D eigenvalue weighted by molar-refractivity contribution is 0.0600. The second kappa shape index (κ2) is 6.48. The van der Waals surface area contributed by atoms with Gasteiger partial charge in [0.15, 0.2) is 0 Å². The SMILES string of the molecule is CC[C@](C)(c1ccc(C(=O)OC)cc1)c1ccc2ccccc2c1. The summed E-state index contributed by atoms with van der Waals surface area (Å²) in [4.78, 5) is 11.6. The van der Waals surface area contributed by atoms with Crippen LogP contribution in [0.5, 0.6) is 0 Å². The molecule has 0 spiro atoms. The Morgan fingerprint density at radius 2 is 1.54 bits per heavy atom. The molecular formula is C22H22O2. The number of methoxy groups -OCH3 is 1. The zero-order valence-corrected chi connectivity index (χ0v) is 14.4. The second-order valence-corrected chi connectivity index (χ2v) is 6.32. The fraction of sp³-hybridized carbons (Fsp3) is 0.227. The smallest absolute Gasteiger partial charge is 0.337 e. The maximum atomic E-state index is 11.6. The zero-order valence-electron chi connectivity index (χ0n) is 14.4. The molecular weight excluding hydrogens is 296 g/mol. The summed E-state index contributed by atoms with van der Waals surface area (Å²) < 4.78 is 4.78. The standard InChI is InChI=1S/C22H22O2/c1-4-22(2,19-12-10-17(11-13-19)21(23)24-3)20-14-9-16-7-5-6-8-18(16)15-20/h5-15H,4H2,1-3H3/t22-/m1/s1. The average molecular weight is 318 g/mol. The van der Waals surface area contributed by atoms with E-state index in [4.69, 9.17) is 4.74 Å². The molecule has 3 aromatic carbocycles. The lowest BCUT2D eigenvalue weighted by Crippen LogP contribution is -2.22. The Labute approximate surface area is 143 Å². The molecule has 0 radical (unpaired) electrons. The number of ether oxygens (including phenoxy) is 1. The normalized spacial score (nSPS) is 13.5. The Balaban J connectivity index is 2.05. The summed E-state index contributed by atoms with van der Waals surface area (Å²) in [6.07, 6.45) is 0.975. The third-order valence-electron chi connectivity index (χ3n) is 5.04. The van der Waals surface area contributed by atoms with E-state index >= 15 is 0 Å². The molecule has 0 saturated carbocycles. The average Bonchev–Trinajstić information content (AvgIpc) is 2.66. The number of esters is 1. The molecule has 2 heteroatoms. The molecule has 0 unspecified atom stereocenters. The van der Waals surface area contributed by atoms with Crippen LogP contribution in [0, 0.1) is 0 Å². The van der Waals surface area contributed by atoms with Crippen LogP contribution in [0.1, 0.15) is 41.8 Å². The lowest BCUT2D eigenvalue weighted by Gasteiger charge is -2.30. The molecule has 3 aromatic rings. The maximum absolute atomic E-state index is 11.6. The van der Waals surface area contributed by atoms with Crippen LogP contribution in [0.3, 0.4) is 0 Å². The third-order valence-corrected chi connectivity index (χ3v) is 5.04. The van der Waals surface area contributed by atoms with Crippen LogP contribution in [0.25, 0.3) is 10.8 Å². The van der Waals surface area contributed by atoms with Crippen molar-refractivity contribution in [3.8, 4) is 0 Å². The number of hydrogen-bond acceptors (Lipinski definition) is 2. The Morgan fingerprint density at radius 3 is 2.17 bits per heavy atom. The minimum atomic E-state index is -0.301. The Bertz CT molecular complexity index is 865. The molecule has 0 bridgehead atoms. The van der Waals surface area contributed by atoms with Crippen molar-refractivity contribution in [1.82, 2.24) is 0 Å². The highest BCUT2D eigenvalue weighted by atomic mass is 16.5. The summed E-state index contributed by atoms with van der Waals surface area (Å²) in [7, 11) is 1.40. The highest BCUT2D eigenvalue weighted by Gasteiger charge is 2.27. The van der Waals surface area contributed by atoms with Crippen LogP contribution in [0.2, 0.25) is 0 Å². The van der Waals surface area contributed by atoms with Crippen LogP contribution in [0.15, 0.2) is 66.7 Å². The van der Waals surface area contributed by atoms with E-state index in [1.807, 2.05) is 24.3 Å². The quantitative estimate of drug-likeness (QED) is 0.607. The second-order valence-electron chi connectivity index (χ2n) is 6.32. The van der Waals surface area contributed by atoms with E-state index in [1.54, 1.807) is 0 Å². The molecule has 0 aromatic heterocycles. The predicted octanol–water partition coefficient (Wildman–Crippen LogP) is 5.34. The van der Waals surface area contributed by atoms with Crippen molar-refractivity contribution >= 4 is 16.7 Å². The van der Waals surface area contributed by atoms with Crippen molar-refractivity contribution in [3.63, 3.8) is 0 Å². The maximum Gasteiger partial charge on any atom is 0.337 e. The Morgan fingerprint density at radius 1 is 0.917 bits per heavy atom. The van der Waals surface area contributed by atoms with E-state index < -0.39 is 0 Å². The predicted molar refractivity (Wildman–Crippen MR) is 98.5 cm³/mol. The molecule has 2 nitrogen and oxygen atoms in total. The first-order valence-electron chi connectivity index (χ1n) is 8.26. The van der Waals surface area contributed by atoms with Gasteiger partial charge in [-0.25, -0.2) is 4.79 Å². The lowest BCUT2D eigenvalue weighted by atomic mass is 9.73. The van der Waals surface area contributed by atoms with Crippen molar-refractivity contribution in [3.05, 3.63) is 83.4 Å². The summed E-state index contributed by atoms with van der Waals surface area (Å²) in [5.74, 6) is -0.301. The summed E-state index contributed by atoms with van der Waals surface area (Å²) in [5, 5.41) is 2.50. The molecule has 0 fully saturated rings. The van der Waals surface area contributed by atoms with E-state index in [1.165, 1.54) is 29.0 Å². The van der Waals surface area contributed by atoms with Crippen LogP contribution < -0.4 is 0 Å². The van der Waals surface area contributed by atoms with E-state index in [9.17, 15) is 4.79 Å². The molecule has 0 heterocycles. The fourth-order valence-corrected chi connectivity index (χ4v) is 3.20. The highest BCUT2D eigenvalue weighted by molar-refractivity contribution is 5.89. The van der Waals surface area contributed by atoms with Crippen molar-refractivity contribution < 1.29 is 9.53 Å². The Hall–Kier alpha value is -2.61. The van der Waals surface area contributed by atoms with Crippen LogP contribution in [-0.2, 0) is 10.2 Å². The summed E-state index contributed by atoms with van der Waals surface area (Å²) >= 11 is 0. The van der Waals surface area contributed by atoms with Gasteiger partial charge in [-0.05, 0) is 40.5 Å². The first-order chi connectivity index (χ1) is 11.6. The highest BCUT2D eigenvalue weighted by Crippen LogP contribution is 2.36. The van der Waals surface area contributed by atoms with Crippen molar-refractivity contribution in [2.75, 3.05) is 7.11 Å². The van der Waals surface area contributed by atoms with Gasteiger partial charge in [-0.1, -0.05) is 68.4 Å². The van der Waals surface area contributed by atoms with E-state index in [0.717, 1.165) is 6.42 Å². The third kappa shape index (κ3) is 2.80.